The van der Waals surface area contributed by atoms with Gasteiger partial charge in [-0.3, -0.25) is 0 Å². The van der Waals surface area contributed by atoms with Crippen molar-refractivity contribution in [2.24, 2.45) is 0 Å². The van der Waals surface area contributed by atoms with E-state index in [9.17, 15) is 0 Å². The smallest absolute Gasteiger partial charge is 0.686 e. The quantitative estimate of drug-likeness (QED) is 0.598. The Hall–Kier alpha value is -0.426. The van der Waals surface area contributed by atoms with E-state index in [4.69, 9.17) is 0 Å². The summed E-state index contributed by atoms with van der Waals surface area (Å²) < 4.78 is 0. The molecule has 3 saturated heterocycles. The van der Waals surface area contributed by atoms with Crippen molar-refractivity contribution in [2.75, 3.05) is 26.2 Å². The molecule has 0 aromatic rings. The zero-order chi connectivity index (χ0) is 16.5. The predicted molar refractivity (Wildman–Crippen MR) is 110 cm³/mol. The molecule has 4 aliphatic heterocycles. The Morgan fingerprint density at radius 3 is 1.67 bits per heavy atom. The van der Waals surface area contributed by atoms with Crippen LogP contribution in [0.25, 0.3) is 21.3 Å². The molecule has 3 fully saturated rings. The Kier molecular flexibility index (Phi) is 15.2. The summed E-state index contributed by atoms with van der Waals surface area (Å²) in [7, 11) is 0. The summed E-state index contributed by atoms with van der Waals surface area (Å²) in [4.78, 5) is 0. The van der Waals surface area contributed by atoms with Gasteiger partial charge >= 0.3 is 16.5 Å². The van der Waals surface area contributed by atoms with Crippen molar-refractivity contribution < 1.29 is 27.4 Å². The SMILES string of the molecule is C1=CC[N-]C(C2CCCC[N-]2)=C1.C1CCC(C2CCCC[N-]2)[N-]C1.O.O.[Ni+2]. The van der Waals surface area contributed by atoms with Crippen LogP contribution >= 0.6 is 0 Å². The van der Waals surface area contributed by atoms with Crippen LogP contribution in [0.5, 0.6) is 0 Å². The van der Waals surface area contributed by atoms with Gasteiger partial charge in [-0.1, -0.05) is 69.9 Å². The number of piperidine rings is 3. The average Bonchev–Trinajstić information content (AvgIpc) is 2.71. The number of hydrogen-bond donors (Lipinski definition) is 0. The maximum atomic E-state index is 4.66. The van der Waals surface area contributed by atoms with Crippen molar-refractivity contribution in [2.45, 2.75) is 75.9 Å². The van der Waals surface area contributed by atoms with Gasteiger partial charge in [0, 0.05) is 0 Å². The van der Waals surface area contributed by atoms with Crippen molar-refractivity contribution in [3.63, 3.8) is 0 Å². The van der Waals surface area contributed by atoms with Gasteiger partial charge in [0.2, 0.25) is 0 Å². The van der Waals surface area contributed by atoms with Crippen molar-refractivity contribution in [1.82, 2.24) is 0 Å². The minimum atomic E-state index is 0. The molecule has 27 heavy (non-hydrogen) atoms. The molecule has 3 unspecified atom stereocenters. The molecule has 3 atom stereocenters. The van der Waals surface area contributed by atoms with Gasteiger partial charge in [-0.2, -0.15) is 17.8 Å². The Balaban J connectivity index is 0.000000451. The van der Waals surface area contributed by atoms with Gasteiger partial charge in [-0.05, 0) is 0 Å². The van der Waals surface area contributed by atoms with Gasteiger partial charge in [-0.15, -0.1) is 38.3 Å². The van der Waals surface area contributed by atoms with Gasteiger partial charge in [0.25, 0.3) is 0 Å². The summed E-state index contributed by atoms with van der Waals surface area (Å²) in [6.45, 7) is 4.06. The van der Waals surface area contributed by atoms with Crippen LogP contribution in [0, 0.1) is 0 Å². The van der Waals surface area contributed by atoms with Crippen LogP contribution in [-0.4, -0.2) is 55.3 Å². The fourth-order valence-corrected chi connectivity index (χ4v) is 3.94. The second-order valence-electron chi connectivity index (χ2n) is 7.22. The van der Waals surface area contributed by atoms with Crippen LogP contribution in [0.4, 0.5) is 0 Å². The fourth-order valence-electron chi connectivity index (χ4n) is 3.94. The van der Waals surface area contributed by atoms with E-state index in [1.54, 1.807) is 0 Å². The van der Waals surface area contributed by atoms with Crippen LogP contribution < -0.4 is 0 Å². The van der Waals surface area contributed by atoms with Crippen molar-refractivity contribution >= 4 is 0 Å². The minimum absolute atomic E-state index is 0. The average molecular weight is 423 g/mol. The predicted octanol–water partition coefficient (Wildman–Crippen LogP) is 3.93. The van der Waals surface area contributed by atoms with Crippen molar-refractivity contribution in [1.29, 1.82) is 0 Å². The first-order chi connectivity index (χ1) is 11.9. The molecule has 0 amide bonds. The van der Waals surface area contributed by atoms with Gasteiger partial charge < -0.3 is 32.2 Å². The van der Waals surface area contributed by atoms with E-state index in [0.29, 0.717) is 18.1 Å². The number of hydrogen-bond acceptors (Lipinski definition) is 0. The topological polar surface area (TPSA) is 119 Å². The molecule has 4 heterocycles. The van der Waals surface area contributed by atoms with Crippen molar-refractivity contribution in [3.05, 3.63) is 45.2 Å². The molecule has 0 aromatic heterocycles. The van der Waals surface area contributed by atoms with Crippen LogP contribution in [0.1, 0.15) is 57.8 Å². The molecular formula is C20H36N4NiO2-2. The molecule has 7 heteroatoms. The van der Waals surface area contributed by atoms with Crippen LogP contribution in [0.2, 0.25) is 0 Å². The monoisotopic (exact) mass is 422 g/mol. The van der Waals surface area contributed by atoms with Crippen LogP contribution in [0.3, 0.4) is 0 Å². The second kappa shape index (κ2) is 15.5. The largest absolute Gasteiger partial charge is 2.00 e. The van der Waals surface area contributed by atoms with E-state index in [1.165, 1.54) is 63.5 Å². The summed E-state index contributed by atoms with van der Waals surface area (Å²) in [6.07, 6.45) is 18.0. The molecule has 160 valence electrons. The molecule has 6 nitrogen and oxygen atoms in total. The molecule has 0 aliphatic carbocycles. The molecule has 0 radical (unpaired) electrons. The third-order valence-electron chi connectivity index (χ3n) is 5.35. The molecule has 0 aromatic carbocycles. The number of nitrogens with zero attached hydrogens (tertiary/aromatic N) is 4. The van der Waals surface area contributed by atoms with E-state index in [1.807, 2.05) is 0 Å². The molecule has 0 saturated carbocycles. The Morgan fingerprint density at radius 1 is 0.704 bits per heavy atom. The standard InChI is InChI=1S/C10H18N2.C10H14N2.Ni.2H2O/c2*1-3-7-11-9(5-1)10-6-2-4-8-12-10;;;/h9-10H,1-8H2;1,3,5,10H,2,4,6-8H2;;2*1H2/q2*-2;+2;;. The number of rotatable bonds is 2. The Morgan fingerprint density at radius 2 is 1.26 bits per heavy atom. The van der Waals surface area contributed by atoms with Gasteiger partial charge in [0.05, 0.1) is 0 Å². The van der Waals surface area contributed by atoms with E-state index in [-0.39, 0.29) is 27.4 Å². The molecule has 4 N–H and O–H groups in total. The normalized spacial score (nSPS) is 29.9. The fraction of sp³-hybridized carbons (Fsp3) is 0.800. The first kappa shape index (κ1) is 26.6. The van der Waals surface area contributed by atoms with Gasteiger partial charge in [0.1, 0.15) is 0 Å². The molecule has 0 spiro atoms. The maximum Gasteiger partial charge on any atom is 2.00 e. The molecule has 0 bridgehead atoms. The Labute approximate surface area is 174 Å². The summed E-state index contributed by atoms with van der Waals surface area (Å²) >= 11 is 0. The van der Waals surface area contributed by atoms with Gasteiger partial charge in [0.15, 0.2) is 0 Å². The van der Waals surface area contributed by atoms with Gasteiger partial charge in [-0.25, -0.2) is 0 Å². The zero-order valence-electron chi connectivity index (χ0n) is 16.3. The third-order valence-corrected chi connectivity index (χ3v) is 5.35. The van der Waals surface area contributed by atoms with E-state index in [2.05, 4.69) is 39.5 Å². The first-order valence-corrected chi connectivity index (χ1v) is 9.97. The van der Waals surface area contributed by atoms with E-state index in [0.717, 1.165) is 26.2 Å². The summed E-state index contributed by atoms with van der Waals surface area (Å²) in [5.74, 6) is 0. The number of allylic oxidation sites excluding steroid dienone is 2. The molecule has 4 rings (SSSR count). The maximum absolute atomic E-state index is 4.66. The van der Waals surface area contributed by atoms with Crippen LogP contribution in [0.15, 0.2) is 23.9 Å². The summed E-state index contributed by atoms with van der Waals surface area (Å²) in [6, 6.07) is 1.60. The third kappa shape index (κ3) is 9.07. The Bertz CT molecular complexity index is 400. The first-order valence-electron chi connectivity index (χ1n) is 9.97. The summed E-state index contributed by atoms with van der Waals surface area (Å²) in [5, 5.41) is 18.3. The van der Waals surface area contributed by atoms with E-state index >= 15 is 0 Å². The molecular weight excluding hydrogens is 387 g/mol. The van der Waals surface area contributed by atoms with Crippen LogP contribution in [-0.2, 0) is 16.5 Å². The minimum Gasteiger partial charge on any atom is -0.686 e. The zero-order valence-corrected chi connectivity index (χ0v) is 17.2. The van der Waals surface area contributed by atoms with Crippen molar-refractivity contribution in [3.8, 4) is 0 Å². The van der Waals surface area contributed by atoms with E-state index < -0.39 is 0 Å². The summed E-state index contributed by atoms with van der Waals surface area (Å²) in [5.41, 5.74) is 1.19. The second-order valence-corrected chi connectivity index (χ2v) is 7.22. The molecule has 4 aliphatic rings.